The number of rotatable bonds is 3. The van der Waals surface area contributed by atoms with Gasteiger partial charge < -0.3 is 10.2 Å². The molecule has 1 aromatic carbocycles. The average Bonchev–Trinajstić information content (AvgIpc) is 2.99. The zero-order valence-corrected chi connectivity index (χ0v) is 11.5. The lowest BCUT2D eigenvalue weighted by Crippen LogP contribution is -2.28. The van der Waals surface area contributed by atoms with Gasteiger partial charge in [0.15, 0.2) is 0 Å². The second kappa shape index (κ2) is 5.74. The molecule has 3 heteroatoms. The van der Waals surface area contributed by atoms with Crippen molar-refractivity contribution in [3.63, 3.8) is 0 Å². The van der Waals surface area contributed by atoms with Gasteiger partial charge in [0.25, 0.3) is 0 Å². The topological polar surface area (TPSA) is 32.3 Å². The molecule has 0 radical (unpaired) electrons. The smallest absolute Gasteiger partial charge is 0.222 e. The molecule has 2 heterocycles. The number of nitrogens with one attached hydrogen (secondary N) is 1. The zero-order chi connectivity index (χ0) is 13.1. The van der Waals surface area contributed by atoms with Gasteiger partial charge >= 0.3 is 0 Å². The Balaban J connectivity index is 1.65. The predicted molar refractivity (Wildman–Crippen MR) is 76.0 cm³/mol. The van der Waals surface area contributed by atoms with Crippen molar-refractivity contribution in [3.05, 3.63) is 34.9 Å². The molecule has 1 amide bonds. The molecule has 1 fully saturated rings. The van der Waals surface area contributed by atoms with E-state index in [9.17, 15) is 4.79 Å². The second-order valence-electron chi connectivity index (χ2n) is 5.57. The Morgan fingerprint density at radius 1 is 1.26 bits per heavy atom. The molecule has 0 spiro atoms. The van der Waals surface area contributed by atoms with Crippen LogP contribution in [0.3, 0.4) is 0 Å². The molecular weight excluding hydrogens is 236 g/mol. The highest BCUT2D eigenvalue weighted by atomic mass is 16.2. The van der Waals surface area contributed by atoms with Crippen LogP contribution in [0.15, 0.2) is 18.2 Å². The Labute approximate surface area is 115 Å². The Kier molecular flexibility index (Phi) is 3.83. The van der Waals surface area contributed by atoms with Crippen LogP contribution < -0.4 is 5.32 Å². The molecule has 1 saturated heterocycles. The lowest BCUT2D eigenvalue weighted by Gasteiger charge is -2.21. The van der Waals surface area contributed by atoms with E-state index in [1.807, 2.05) is 4.90 Å². The van der Waals surface area contributed by atoms with Gasteiger partial charge in [0.05, 0.1) is 0 Å². The van der Waals surface area contributed by atoms with E-state index in [2.05, 4.69) is 23.5 Å². The first-order valence-electron chi connectivity index (χ1n) is 7.43. The summed E-state index contributed by atoms with van der Waals surface area (Å²) in [6.45, 7) is 3.97. The van der Waals surface area contributed by atoms with E-state index in [1.165, 1.54) is 29.5 Å². The van der Waals surface area contributed by atoms with Crippen molar-refractivity contribution in [2.75, 3.05) is 19.6 Å². The Bertz CT molecular complexity index is 464. The fraction of sp³-hybridized carbons (Fsp3) is 0.562. The number of benzene rings is 1. The summed E-state index contributed by atoms with van der Waals surface area (Å²) in [4.78, 5) is 14.1. The van der Waals surface area contributed by atoms with Gasteiger partial charge in [0.2, 0.25) is 5.91 Å². The van der Waals surface area contributed by atoms with Gasteiger partial charge in [-0.2, -0.15) is 0 Å². The number of fused-ring (bicyclic) bond motifs is 1. The number of nitrogens with zero attached hydrogens (tertiary/aromatic N) is 1. The molecule has 3 nitrogen and oxygen atoms in total. The van der Waals surface area contributed by atoms with Crippen LogP contribution in [0.2, 0.25) is 0 Å². The monoisotopic (exact) mass is 258 g/mol. The highest BCUT2D eigenvalue weighted by Crippen LogP contribution is 2.20. The number of amides is 1. The Hall–Kier alpha value is -1.35. The van der Waals surface area contributed by atoms with Gasteiger partial charge in [-0.25, -0.2) is 0 Å². The minimum Gasteiger partial charge on any atom is -0.343 e. The van der Waals surface area contributed by atoms with Gasteiger partial charge in [-0.1, -0.05) is 18.2 Å². The third kappa shape index (κ3) is 2.81. The van der Waals surface area contributed by atoms with Crippen molar-refractivity contribution in [2.45, 2.75) is 38.6 Å². The summed E-state index contributed by atoms with van der Waals surface area (Å²) in [5.74, 6) is 0.337. The lowest BCUT2D eigenvalue weighted by molar-refractivity contribution is -0.130. The number of aryl methyl sites for hydroxylation is 1. The first-order chi connectivity index (χ1) is 9.34. The normalized spacial score (nSPS) is 18.4. The van der Waals surface area contributed by atoms with Crippen LogP contribution in [0.1, 0.15) is 36.0 Å². The van der Waals surface area contributed by atoms with E-state index in [-0.39, 0.29) is 0 Å². The number of carbonyl (C=O) groups excluding carboxylic acids is 1. The Morgan fingerprint density at radius 2 is 2.11 bits per heavy atom. The van der Waals surface area contributed by atoms with Gasteiger partial charge in [-0.05, 0) is 48.9 Å². The number of hydrogen-bond donors (Lipinski definition) is 1. The van der Waals surface area contributed by atoms with E-state index in [0.717, 1.165) is 39.0 Å². The van der Waals surface area contributed by atoms with Crippen LogP contribution >= 0.6 is 0 Å². The molecule has 0 unspecified atom stereocenters. The largest absolute Gasteiger partial charge is 0.343 e. The molecule has 2 aliphatic rings. The number of carbonyl (C=O) groups is 1. The first-order valence-corrected chi connectivity index (χ1v) is 7.43. The second-order valence-corrected chi connectivity index (χ2v) is 5.57. The Morgan fingerprint density at radius 3 is 2.95 bits per heavy atom. The molecule has 102 valence electrons. The molecule has 1 N–H and O–H groups in total. The average molecular weight is 258 g/mol. The SMILES string of the molecule is O=C(CCc1cccc2c1CCNC2)N1CCCC1. The van der Waals surface area contributed by atoms with Crippen molar-refractivity contribution in [3.8, 4) is 0 Å². The minimum atomic E-state index is 0.337. The molecule has 0 atom stereocenters. The molecule has 1 aromatic rings. The van der Waals surface area contributed by atoms with Crippen molar-refractivity contribution >= 4 is 5.91 Å². The summed E-state index contributed by atoms with van der Waals surface area (Å²) in [6, 6.07) is 6.52. The van der Waals surface area contributed by atoms with E-state index in [1.54, 1.807) is 0 Å². The third-order valence-corrected chi connectivity index (χ3v) is 4.30. The summed E-state index contributed by atoms with van der Waals surface area (Å²) in [7, 11) is 0. The standard InChI is InChI=1S/C16H22N2O/c19-16(18-10-1-2-11-18)7-6-13-4-3-5-14-12-17-9-8-15(13)14/h3-5,17H,1-2,6-12H2. The fourth-order valence-corrected chi connectivity index (χ4v) is 3.21. The van der Waals surface area contributed by atoms with E-state index < -0.39 is 0 Å². The van der Waals surface area contributed by atoms with Crippen molar-refractivity contribution in [2.24, 2.45) is 0 Å². The lowest BCUT2D eigenvalue weighted by atomic mass is 9.93. The van der Waals surface area contributed by atoms with Crippen molar-refractivity contribution < 1.29 is 4.79 Å². The predicted octanol–water partition coefficient (Wildman–Crippen LogP) is 1.89. The van der Waals surface area contributed by atoms with E-state index in [0.29, 0.717) is 12.3 Å². The van der Waals surface area contributed by atoms with Crippen LogP contribution in [0.4, 0.5) is 0 Å². The summed E-state index contributed by atoms with van der Waals surface area (Å²) < 4.78 is 0. The van der Waals surface area contributed by atoms with Crippen LogP contribution in [0.25, 0.3) is 0 Å². The molecule has 19 heavy (non-hydrogen) atoms. The maximum absolute atomic E-state index is 12.1. The maximum atomic E-state index is 12.1. The van der Waals surface area contributed by atoms with Gasteiger partial charge in [0.1, 0.15) is 0 Å². The highest BCUT2D eigenvalue weighted by molar-refractivity contribution is 5.76. The summed E-state index contributed by atoms with van der Waals surface area (Å²) in [5, 5.41) is 3.40. The molecule has 2 aliphatic heterocycles. The molecular formula is C16H22N2O. The minimum absolute atomic E-state index is 0.337. The van der Waals surface area contributed by atoms with Crippen LogP contribution in [0.5, 0.6) is 0 Å². The maximum Gasteiger partial charge on any atom is 0.222 e. The fourth-order valence-electron chi connectivity index (χ4n) is 3.21. The van der Waals surface area contributed by atoms with Crippen molar-refractivity contribution in [1.82, 2.24) is 10.2 Å². The molecule has 0 bridgehead atoms. The van der Waals surface area contributed by atoms with Crippen molar-refractivity contribution in [1.29, 1.82) is 0 Å². The van der Waals surface area contributed by atoms with E-state index >= 15 is 0 Å². The van der Waals surface area contributed by atoms with E-state index in [4.69, 9.17) is 0 Å². The number of likely N-dealkylation sites (tertiary alicyclic amines) is 1. The number of hydrogen-bond acceptors (Lipinski definition) is 2. The molecule has 0 saturated carbocycles. The quantitative estimate of drug-likeness (QED) is 0.898. The summed E-state index contributed by atoms with van der Waals surface area (Å²) in [5.41, 5.74) is 4.28. The highest BCUT2D eigenvalue weighted by Gasteiger charge is 2.18. The van der Waals surface area contributed by atoms with Crippen LogP contribution in [0, 0.1) is 0 Å². The van der Waals surface area contributed by atoms with Crippen LogP contribution in [-0.2, 0) is 24.2 Å². The molecule has 0 aromatic heterocycles. The zero-order valence-electron chi connectivity index (χ0n) is 11.5. The van der Waals surface area contributed by atoms with Gasteiger partial charge in [-0.15, -0.1) is 0 Å². The molecule has 0 aliphatic carbocycles. The summed E-state index contributed by atoms with van der Waals surface area (Å²) in [6.07, 6.45) is 5.03. The van der Waals surface area contributed by atoms with Gasteiger partial charge in [-0.3, -0.25) is 4.79 Å². The van der Waals surface area contributed by atoms with Gasteiger partial charge in [0, 0.05) is 26.1 Å². The first kappa shape index (κ1) is 12.7. The third-order valence-electron chi connectivity index (χ3n) is 4.30. The molecule has 3 rings (SSSR count). The summed E-state index contributed by atoms with van der Waals surface area (Å²) >= 11 is 0. The van der Waals surface area contributed by atoms with Crippen LogP contribution in [-0.4, -0.2) is 30.4 Å².